The fourth-order valence-corrected chi connectivity index (χ4v) is 0.444. The van der Waals surface area contributed by atoms with Crippen LogP contribution in [0.4, 0.5) is 4.39 Å². The summed E-state index contributed by atoms with van der Waals surface area (Å²) in [5, 5.41) is 16.9. The van der Waals surface area contributed by atoms with Crippen LogP contribution in [0.5, 0.6) is 0 Å². The number of hydrogen-bond acceptors (Lipinski definition) is 2. The molecule has 2 nitrogen and oxygen atoms in total. The summed E-state index contributed by atoms with van der Waals surface area (Å²) in [5.41, 5.74) is -0.269. The molecule has 0 aliphatic carbocycles. The van der Waals surface area contributed by atoms with Crippen molar-refractivity contribution in [2.24, 2.45) is 0 Å². The molecule has 0 aromatic heterocycles. The van der Waals surface area contributed by atoms with Gasteiger partial charge in [-0.05, 0) is 6.08 Å². The summed E-state index contributed by atoms with van der Waals surface area (Å²) >= 11 is 0. The van der Waals surface area contributed by atoms with Crippen LogP contribution in [-0.2, 0) is 0 Å². The molecule has 2 N–H and O–H groups in total. The van der Waals surface area contributed by atoms with Gasteiger partial charge in [0, 0.05) is 5.47 Å². The smallest absolute Gasteiger partial charge is 0.423 e. The van der Waals surface area contributed by atoms with E-state index in [1.807, 2.05) is 0 Å². The van der Waals surface area contributed by atoms with Crippen molar-refractivity contribution < 1.29 is 14.4 Å². The lowest BCUT2D eigenvalue weighted by Gasteiger charge is -1.97. The monoisotopic (exact) mass is 142 g/mol. The van der Waals surface area contributed by atoms with Gasteiger partial charge in [-0.1, -0.05) is 19.2 Å². The first-order valence-electron chi connectivity index (χ1n) is 2.64. The molecule has 0 heterocycles. The molecule has 0 atom stereocenters. The molecule has 0 aliphatic heterocycles. The van der Waals surface area contributed by atoms with E-state index in [0.29, 0.717) is 0 Å². The molecular weight excluding hydrogens is 134 g/mol. The van der Waals surface area contributed by atoms with Gasteiger partial charge in [0.25, 0.3) is 0 Å². The topological polar surface area (TPSA) is 40.5 Å². The first kappa shape index (κ1) is 9.13. The first-order chi connectivity index (χ1) is 4.63. The average molecular weight is 142 g/mol. The molecule has 0 aliphatic rings. The summed E-state index contributed by atoms with van der Waals surface area (Å²) in [4.78, 5) is 0. The van der Waals surface area contributed by atoms with E-state index in [1.165, 1.54) is 0 Å². The van der Waals surface area contributed by atoms with Gasteiger partial charge in [-0.25, -0.2) is 4.39 Å². The molecule has 4 heteroatoms. The second kappa shape index (κ2) is 4.03. The predicted octanol–water partition coefficient (Wildman–Crippen LogP) is 0.594. The average Bonchev–Trinajstić information content (AvgIpc) is 1.88. The summed E-state index contributed by atoms with van der Waals surface area (Å²) in [6.07, 6.45) is 1.91. The van der Waals surface area contributed by atoms with Gasteiger partial charge in [0.15, 0.2) is 0 Å². The maximum atomic E-state index is 12.4. The Balaban J connectivity index is 4.61. The van der Waals surface area contributed by atoms with Crippen LogP contribution in [-0.4, -0.2) is 17.2 Å². The van der Waals surface area contributed by atoms with Crippen molar-refractivity contribution in [3.63, 3.8) is 0 Å². The highest BCUT2D eigenvalue weighted by Crippen LogP contribution is 2.08. The van der Waals surface area contributed by atoms with E-state index in [-0.39, 0.29) is 5.47 Å². The fourth-order valence-electron chi connectivity index (χ4n) is 0.444. The summed E-state index contributed by atoms with van der Waals surface area (Å²) in [5.74, 6) is -0.773. The molecule has 0 aromatic rings. The van der Waals surface area contributed by atoms with Crippen LogP contribution in [0.2, 0.25) is 0 Å². The van der Waals surface area contributed by atoms with Gasteiger partial charge in [0.2, 0.25) is 0 Å². The standard InChI is InChI=1S/C6H8BFO2/c1-3-5(7(9)10)6(8)4-2/h3-4,9-10H,1-2H2/b6-5-. The Morgan fingerprint density at radius 2 is 1.80 bits per heavy atom. The highest BCUT2D eigenvalue weighted by molar-refractivity contribution is 6.52. The molecule has 0 unspecified atom stereocenters. The second-order valence-corrected chi connectivity index (χ2v) is 1.59. The third-order valence-electron chi connectivity index (χ3n) is 0.953. The van der Waals surface area contributed by atoms with Gasteiger partial charge < -0.3 is 10.0 Å². The van der Waals surface area contributed by atoms with Crippen molar-refractivity contribution >= 4 is 7.12 Å². The van der Waals surface area contributed by atoms with E-state index in [1.54, 1.807) is 0 Å². The van der Waals surface area contributed by atoms with Crippen LogP contribution in [0, 0.1) is 0 Å². The van der Waals surface area contributed by atoms with Gasteiger partial charge in [-0.15, -0.1) is 0 Å². The first-order valence-corrected chi connectivity index (χ1v) is 2.64. The van der Waals surface area contributed by atoms with Gasteiger partial charge in [-0.2, -0.15) is 0 Å². The van der Waals surface area contributed by atoms with Gasteiger partial charge >= 0.3 is 7.12 Å². The van der Waals surface area contributed by atoms with E-state index >= 15 is 0 Å². The Morgan fingerprint density at radius 3 is 1.90 bits per heavy atom. The van der Waals surface area contributed by atoms with Crippen LogP contribution in [0.15, 0.2) is 36.6 Å². The van der Waals surface area contributed by atoms with E-state index in [4.69, 9.17) is 10.0 Å². The molecule has 0 rings (SSSR count). The highest BCUT2D eigenvalue weighted by Gasteiger charge is 2.14. The molecule has 10 heavy (non-hydrogen) atoms. The maximum Gasteiger partial charge on any atom is 0.491 e. The third-order valence-corrected chi connectivity index (χ3v) is 0.953. The zero-order valence-corrected chi connectivity index (χ0v) is 5.42. The van der Waals surface area contributed by atoms with Crippen molar-refractivity contribution in [3.05, 3.63) is 36.6 Å². The van der Waals surface area contributed by atoms with Crippen LogP contribution in [0.3, 0.4) is 0 Å². The van der Waals surface area contributed by atoms with E-state index in [9.17, 15) is 4.39 Å². The van der Waals surface area contributed by atoms with E-state index < -0.39 is 12.9 Å². The Morgan fingerprint density at radius 1 is 1.30 bits per heavy atom. The quantitative estimate of drug-likeness (QED) is 0.447. The number of allylic oxidation sites excluding steroid dienone is 4. The Labute approximate surface area is 59.1 Å². The van der Waals surface area contributed by atoms with Crippen molar-refractivity contribution in [3.8, 4) is 0 Å². The molecule has 0 amide bonds. The lowest BCUT2D eigenvalue weighted by atomic mass is 9.79. The van der Waals surface area contributed by atoms with Gasteiger partial charge in [0.1, 0.15) is 5.83 Å². The maximum absolute atomic E-state index is 12.4. The zero-order chi connectivity index (χ0) is 8.15. The van der Waals surface area contributed by atoms with Crippen LogP contribution in [0.25, 0.3) is 0 Å². The van der Waals surface area contributed by atoms with E-state index in [2.05, 4.69) is 13.2 Å². The summed E-state index contributed by atoms with van der Waals surface area (Å²) < 4.78 is 12.4. The Kier molecular flexibility index (Phi) is 3.68. The lowest BCUT2D eigenvalue weighted by Crippen LogP contribution is -2.14. The molecule has 0 radical (unpaired) electrons. The highest BCUT2D eigenvalue weighted by atomic mass is 19.1. The number of hydrogen-bond donors (Lipinski definition) is 2. The predicted molar refractivity (Wildman–Crippen MR) is 38.7 cm³/mol. The van der Waals surface area contributed by atoms with Gasteiger partial charge in [0.05, 0.1) is 0 Å². The minimum Gasteiger partial charge on any atom is -0.423 e. The van der Waals surface area contributed by atoms with Crippen LogP contribution in [0.1, 0.15) is 0 Å². The molecular formula is C6H8BFO2. The van der Waals surface area contributed by atoms with Crippen molar-refractivity contribution in [2.75, 3.05) is 0 Å². The third kappa shape index (κ3) is 2.17. The molecule has 0 spiro atoms. The fraction of sp³-hybridized carbons (Fsp3) is 0. The van der Waals surface area contributed by atoms with Gasteiger partial charge in [-0.3, -0.25) is 0 Å². The molecule has 0 bridgehead atoms. The molecule has 0 saturated carbocycles. The van der Waals surface area contributed by atoms with Crippen LogP contribution >= 0.6 is 0 Å². The van der Waals surface area contributed by atoms with E-state index in [0.717, 1.165) is 12.2 Å². The molecule has 54 valence electrons. The van der Waals surface area contributed by atoms with Crippen molar-refractivity contribution in [1.29, 1.82) is 0 Å². The molecule has 0 fully saturated rings. The summed E-state index contributed by atoms with van der Waals surface area (Å²) in [6.45, 7) is 6.29. The lowest BCUT2D eigenvalue weighted by molar-refractivity contribution is 0.418. The zero-order valence-electron chi connectivity index (χ0n) is 5.42. The normalized spacial score (nSPS) is 11.9. The largest absolute Gasteiger partial charge is 0.491 e. The van der Waals surface area contributed by atoms with Crippen LogP contribution < -0.4 is 0 Å². The summed E-state index contributed by atoms with van der Waals surface area (Å²) in [6, 6.07) is 0. The number of halogens is 1. The molecule has 0 aromatic carbocycles. The van der Waals surface area contributed by atoms with Crippen molar-refractivity contribution in [2.45, 2.75) is 0 Å². The number of rotatable bonds is 3. The second-order valence-electron chi connectivity index (χ2n) is 1.59. The van der Waals surface area contributed by atoms with Crippen molar-refractivity contribution in [1.82, 2.24) is 0 Å². The summed E-state index contributed by atoms with van der Waals surface area (Å²) in [7, 11) is -1.82. The SMILES string of the molecule is C=C/C(F)=C(\C=C)B(O)O. The minimum absolute atomic E-state index is 0.269. The Hall–Kier alpha value is -0.865. The minimum atomic E-state index is -1.82. The Bertz CT molecular complexity index is 175. The molecule has 0 saturated heterocycles.